The first-order valence-electron chi connectivity index (χ1n) is 6.37. The van der Waals surface area contributed by atoms with E-state index in [2.05, 4.69) is 15.3 Å². The molecular formula is C15H17N3O3. The monoisotopic (exact) mass is 287 g/mol. The highest BCUT2D eigenvalue weighted by Gasteiger charge is 2.40. The summed E-state index contributed by atoms with van der Waals surface area (Å²) in [6, 6.07) is 7.22. The minimum atomic E-state index is -1.46. The van der Waals surface area contributed by atoms with Crippen LogP contribution in [0.2, 0.25) is 0 Å². The van der Waals surface area contributed by atoms with Crippen LogP contribution in [0, 0.1) is 0 Å². The second-order valence-electron chi connectivity index (χ2n) is 4.27. The van der Waals surface area contributed by atoms with Crippen LogP contribution in [0.3, 0.4) is 0 Å². The summed E-state index contributed by atoms with van der Waals surface area (Å²) in [5.41, 5.74) is 2.24. The van der Waals surface area contributed by atoms with E-state index in [0.717, 1.165) is 11.3 Å². The summed E-state index contributed by atoms with van der Waals surface area (Å²) in [5.74, 6) is -1.84. The molecule has 0 bridgehead atoms. The van der Waals surface area contributed by atoms with Gasteiger partial charge in [-0.1, -0.05) is 24.3 Å². The van der Waals surface area contributed by atoms with Crippen LogP contribution in [0.25, 0.3) is 11.3 Å². The molecule has 6 heteroatoms. The number of nitrogens with zero attached hydrogens (tertiary/aromatic N) is 2. The lowest BCUT2D eigenvalue weighted by atomic mass is 10.0. The Morgan fingerprint density at radius 3 is 2.29 bits per heavy atom. The van der Waals surface area contributed by atoms with Crippen molar-refractivity contribution in [3.8, 4) is 11.3 Å². The second kappa shape index (κ2) is 6.43. The maximum atomic E-state index is 12.1. The van der Waals surface area contributed by atoms with E-state index in [0.29, 0.717) is 5.56 Å². The van der Waals surface area contributed by atoms with Gasteiger partial charge in [0.2, 0.25) is 0 Å². The minimum Gasteiger partial charge on any atom is -0.354 e. The highest BCUT2D eigenvalue weighted by molar-refractivity contribution is 5.85. The van der Waals surface area contributed by atoms with Gasteiger partial charge >= 0.3 is 0 Å². The summed E-state index contributed by atoms with van der Waals surface area (Å²) in [7, 11) is 4.38. The van der Waals surface area contributed by atoms with Crippen LogP contribution in [0.1, 0.15) is 5.56 Å². The first kappa shape index (κ1) is 15.1. The zero-order valence-corrected chi connectivity index (χ0v) is 12.2. The molecule has 6 nitrogen and oxygen atoms in total. The fraction of sp³-hybridized carbons (Fsp3) is 0.267. The van der Waals surface area contributed by atoms with Gasteiger partial charge in [-0.05, 0) is 0 Å². The van der Waals surface area contributed by atoms with Crippen molar-refractivity contribution in [3.63, 3.8) is 0 Å². The van der Waals surface area contributed by atoms with Crippen LogP contribution in [0.5, 0.6) is 0 Å². The maximum Gasteiger partial charge on any atom is 0.285 e. The minimum absolute atomic E-state index is 0.375. The summed E-state index contributed by atoms with van der Waals surface area (Å²) in [5, 5.41) is 2.54. The first-order valence-corrected chi connectivity index (χ1v) is 6.37. The number of methoxy groups -OCH3 is 2. The van der Waals surface area contributed by atoms with Gasteiger partial charge in [-0.3, -0.25) is 14.8 Å². The molecule has 0 spiro atoms. The molecule has 1 heterocycles. The molecule has 0 aliphatic rings. The lowest BCUT2D eigenvalue weighted by Gasteiger charge is -2.29. The van der Waals surface area contributed by atoms with Crippen molar-refractivity contribution in [3.05, 3.63) is 48.4 Å². The quantitative estimate of drug-likeness (QED) is 0.840. The Balaban J connectivity index is 2.39. The highest BCUT2D eigenvalue weighted by atomic mass is 16.7. The number of carbonyl (C=O) groups is 1. The van der Waals surface area contributed by atoms with Gasteiger partial charge in [0.1, 0.15) is 0 Å². The van der Waals surface area contributed by atoms with Gasteiger partial charge in [0.25, 0.3) is 11.7 Å². The molecule has 0 fully saturated rings. The fourth-order valence-corrected chi connectivity index (χ4v) is 2.11. The second-order valence-corrected chi connectivity index (χ2v) is 4.27. The van der Waals surface area contributed by atoms with Crippen LogP contribution in [0.15, 0.2) is 42.9 Å². The van der Waals surface area contributed by atoms with E-state index in [9.17, 15) is 4.79 Å². The summed E-state index contributed by atoms with van der Waals surface area (Å²) < 4.78 is 10.6. The molecular weight excluding hydrogens is 270 g/mol. The Hall–Kier alpha value is -2.31. The Morgan fingerprint density at radius 2 is 1.81 bits per heavy atom. The summed E-state index contributed by atoms with van der Waals surface area (Å²) in [4.78, 5) is 20.3. The average Bonchev–Trinajstić information content (AvgIpc) is 2.57. The maximum absolute atomic E-state index is 12.1. The van der Waals surface area contributed by atoms with Gasteiger partial charge in [-0.25, -0.2) is 0 Å². The first-order chi connectivity index (χ1) is 10.2. The Morgan fingerprint density at radius 1 is 1.14 bits per heavy atom. The molecule has 2 rings (SSSR count). The molecule has 2 aromatic rings. The zero-order chi connectivity index (χ0) is 15.3. The van der Waals surface area contributed by atoms with Crippen LogP contribution >= 0.6 is 0 Å². The van der Waals surface area contributed by atoms with E-state index in [1.54, 1.807) is 30.7 Å². The van der Waals surface area contributed by atoms with E-state index in [-0.39, 0.29) is 5.91 Å². The third-order valence-electron chi connectivity index (χ3n) is 3.22. The van der Waals surface area contributed by atoms with Crippen molar-refractivity contribution < 1.29 is 14.3 Å². The van der Waals surface area contributed by atoms with E-state index in [4.69, 9.17) is 9.47 Å². The average molecular weight is 287 g/mol. The number of likely N-dealkylation sites (N-methyl/N-ethyl adjacent to an activating group) is 1. The summed E-state index contributed by atoms with van der Waals surface area (Å²) >= 11 is 0. The molecule has 1 amide bonds. The molecule has 0 aliphatic carbocycles. The van der Waals surface area contributed by atoms with E-state index in [1.165, 1.54) is 21.3 Å². The van der Waals surface area contributed by atoms with Crippen molar-refractivity contribution in [1.29, 1.82) is 0 Å². The number of hydrogen-bond donors (Lipinski definition) is 1. The van der Waals surface area contributed by atoms with Crippen molar-refractivity contribution >= 4 is 5.91 Å². The van der Waals surface area contributed by atoms with Gasteiger partial charge in [0.05, 0.1) is 11.9 Å². The van der Waals surface area contributed by atoms with Crippen LogP contribution < -0.4 is 5.32 Å². The molecule has 0 radical (unpaired) electrons. The number of rotatable bonds is 5. The molecule has 21 heavy (non-hydrogen) atoms. The lowest BCUT2D eigenvalue weighted by molar-refractivity contribution is -0.215. The molecule has 1 aromatic carbocycles. The van der Waals surface area contributed by atoms with Crippen molar-refractivity contribution in [2.24, 2.45) is 0 Å². The number of ether oxygens (including phenoxy) is 2. The largest absolute Gasteiger partial charge is 0.354 e. The predicted octanol–water partition coefficient (Wildman–Crippen LogP) is 1.34. The van der Waals surface area contributed by atoms with Gasteiger partial charge in [0.15, 0.2) is 0 Å². The molecule has 0 aliphatic heterocycles. The Labute approximate surface area is 123 Å². The predicted molar refractivity (Wildman–Crippen MR) is 77.2 cm³/mol. The highest BCUT2D eigenvalue weighted by Crippen LogP contribution is 2.28. The summed E-state index contributed by atoms with van der Waals surface area (Å²) in [6.07, 6.45) is 4.92. The number of benzene rings is 1. The SMILES string of the molecule is CNC(=O)C(OC)(OC)c1ccc(-c2cnccn2)cc1. The van der Waals surface area contributed by atoms with Gasteiger partial charge in [0, 0.05) is 44.8 Å². The van der Waals surface area contributed by atoms with E-state index in [1.807, 2.05) is 12.1 Å². The van der Waals surface area contributed by atoms with Crippen molar-refractivity contribution in [2.45, 2.75) is 5.79 Å². The van der Waals surface area contributed by atoms with Crippen LogP contribution in [-0.4, -0.2) is 37.1 Å². The van der Waals surface area contributed by atoms with E-state index < -0.39 is 5.79 Å². The topological polar surface area (TPSA) is 73.3 Å². The normalized spacial score (nSPS) is 11.2. The smallest absolute Gasteiger partial charge is 0.285 e. The molecule has 1 aromatic heterocycles. The molecule has 110 valence electrons. The van der Waals surface area contributed by atoms with Crippen LogP contribution in [0.4, 0.5) is 0 Å². The van der Waals surface area contributed by atoms with E-state index >= 15 is 0 Å². The molecule has 0 saturated heterocycles. The van der Waals surface area contributed by atoms with Gasteiger partial charge in [-0.2, -0.15) is 0 Å². The number of nitrogens with one attached hydrogen (secondary N) is 1. The van der Waals surface area contributed by atoms with Crippen LogP contribution in [-0.2, 0) is 20.1 Å². The third kappa shape index (κ3) is 2.76. The van der Waals surface area contributed by atoms with Gasteiger partial charge < -0.3 is 14.8 Å². The molecule has 1 N–H and O–H groups in total. The Bertz CT molecular complexity index is 595. The zero-order valence-electron chi connectivity index (χ0n) is 12.2. The Kier molecular flexibility index (Phi) is 4.62. The number of aromatic nitrogens is 2. The molecule has 0 atom stereocenters. The molecule has 0 saturated carbocycles. The van der Waals surface area contributed by atoms with Crippen molar-refractivity contribution in [1.82, 2.24) is 15.3 Å². The van der Waals surface area contributed by atoms with Crippen molar-refractivity contribution in [2.75, 3.05) is 21.3 Å². The molecule has 0 unspecified atom stereocenters. The standard InChI is InChI=1S/C15H17N3O3/c1-16-14(19)15(20-2,21-3)12-6-4-11(5-7-12)13-10-17-8-9-18-13/h4-10H,1-3H3,(H,16,19). The number of amides is 1. The third-order valence-corrected chi connectivity index (χ3v) is 3.22. The fourth-order valence-electron chi connectivity index (χ4n) is 2.11. The number of hydrogen-bond acceptors (Lipinski definition) is 5. The lowest BCUT2D eigenvalue weighted by Crippen LogP contribution is -2.46. The van der Waals surface area contributed by atoms with Gasteiger partial charge in [-0.15, -0.1) is 0 Å². The summed E-state index contributed by atoms with van der Waals surface area (Å²) in [6.45, 7) is 0. The number of carbonyl (C=O) groups excluding carboxylic acids is 1.